The fraction of sp³-hybridized carbons (Fsp3) is 0.583. The van der Waals surface area contributed by atoms with Gasteiger partial charge in [-0.25, -0.2) is 0 Å². The number of fused-ring (bicyclic) bond motifs is 2. The quantitative estimate of drug-likeness (QED) is 0.653. The molecular formula is C24H32O2. The van der Waals surface area contributed by atoms with E-state index in [1.54, 1.807) is 0 Å². The van der Waals surface area contributed by atoms with Crippen LogP contribution in [0.4, 0.5) is 0 Å². The molecule has 2 atom stereocenters. The number of hydrogen-bond donors (Lipinski definition) is 0. The zero-order valence-electron chi connectivity index (χ0n) is 16.5. The average Bonchev–Trinajstić information content (AvgIpc) is 2.67. The Bertz CT molecular complexity index is 726. The van der Waals surface area contributed by atoms with E-state index in [2.05, 4.69) is 38.1 Å². The lowest BCUT2D eigenvalue weighted by Crippen LogP contribution is -2.25. The summed E-state index contributed by atoms with van der Waals surface area (Å²) in [7, 11) is 1.82. The highest BCUT2D eigenvalue weighted by Gasteiger charge is 2.35. The fourth-order valence-corrected chi connectivity index (χ4v) is 5.17. The summed E-state index contributed by atoms with van der Waals surface area (Å²) in [5, 5.41) is 0. The van der Waals surface area contributed by atoms with Crippen LogP contribution in [0.5, 0.6) is 5.75 Å². The monoisotopic (exact) mass is 352 g/mol. The standard InChI is InChI=1S/C24H32O2/c1-16(2)26-22-15-13-18-9-5-7-11-20(18)24(22)23-19-10-6-4-8-17(19)12-14-21(23)25-3/h12-17,19H,4-11H2,1-3H3. The van der Waals surface area contributed by atoms with Gasteiger partial charge in [0.25, 0.3) is 0 Å². The molecule has 1 aromatic carbocycles. The van der Waals surface area contributed by atoms with Crippen LogP contribution < -0.4 is 4.74 Å². The van der Waals surface area contributed by atoms with Crippen LogP contribution in [0.2, 0.25) is 0 Å². The summed E-state index contributed by atoms with van der Waals surface area (Å²) >= 11 is 0. The van der Waals surface area contributed by atoms with Gasteiger partial charge in [-0.2, -0.15) is 0 Å². The van der Waals surface area contributed by atoms with Gasteiger partial charge in [-0.3, -0.25) is 0 Å². The van der Waals surface area contributed by atoms with Crippen LogP contribution in [0, 0.1) is 11.8 Å². The molecule has 1 saturated carbocycles. The van der Waals surface area contributed by atoms with Crippen LogP contribution in [0.25, 0.3) is 5.57 Å². The van der Waals surface area contributed by atoms with E-state index in [-0.39, 0.29) is 6.10 Å². The fourth-order valence-electron chi connectivity index (χ4n) is 5.17. The van der Waals surface area contributed by atoms with Gasteiger partial charge in [0.05, 0.1) is 13.2 Å². The Morgan fingerprint density at radius 2 is 1.81 bits per heavy atom. The zero-order valence-corrected chi connectivity index (χ0v) is 16.5. The second-order valence-electron chi connectivity index (χ2n) is 8.35. The van der Waals surface area contributed by atoms with Crippen molar-refractivity contribution in [2.24, 2.45) is 11.8 Å². The molecule has 0 aliphatic heterocycles. The van der Waals surface area contributed by atoms with Gasteiger partial charge >= 0.3 is 0 Å². The minimum Gasteiger partial charge on any atom is -0.496 e. The first-order valence-electron chi connectivity index (χ1n) is 10.5. The molecule has 140 valence electrons. The molecule has 0 spiro atoms. The van der Waals surface area contributed by atoms with E-state index in [0.29, 0.717) is 11.8 Å². The zero-order chi connectivity index (χ0) is 18.1. The molecule has 0 bridgehead atoms. The van der Waals surface area contributed by atoms with Gasteiger partial charge in [-0.15, -0.1) is 0 Å². The molecule has 2 heteroatoms. The van der Waals surface area contributed by atoms with E-state index < -0.39 is 0 Å². The molecule has 0 heterocycles. The van der Waals surface area contributed by atoms with Crippen molar-refractivity contribution in [1.82, 2.24) is 0 Å². The van der Waals surface area contributed by atoms with Crippen molar-refractivity contribution in [3.05, 3.63) is 46.7 Å². The second-order valence-corrected chi connectivity index (χ2v) is 8.35. The number of methoxy groups -OCH3 is 1. The average molecular weight is 353 g/mol. The Labute approximate surface area is 158 Å². The van der Waals surface area contributed by atoms with Gasteiger partial charge in [0.2, 0.25) is 0 Å². The van der Waals surface area contributed by atoms with Gasteiger partial charge in [-0.1, -0.05) is 25.0 Å². The SMILES string of the molecule is COC1=C(c2c(OC(C)C)ccc3c2CCCC3)C2CCCCC2C=C1. The molecule has 26 heavy (non-hydrogen) atoms. The van der Waals surface area contributed by atoms with Crippen LogP contribution in [0.3, 0.4) is 0 Å². The predicted molar refractivity (Wildman–Crippen MR) is 107 cm³/mol. The number of ether oxygens (including phenoxy) is 2. The molecule has 0 radical (unpaired) electrons. The summed E-state index contributed by atoms with van der Waals surface area (Å²) in [5.41, 5.74) is 5.84. The number of benzene rings is 1. The van der Waals surface area contributed by atoms with Gasteiger partial charge in [0.1, 0.15) is 11.5 Å². The van der Waals surface area contributed by atoms with E-state index in [4.69, 9.17) is 9.47 Å². The molecule has 0 saturated heterocycles. The summed E-state index contributed by atoms with van der Waals surface area (Å²) in [5.74, 6) is 3.35. The highest BCUT2D eigenvalue weighted by Crippen LogP contribution is 2.49. The Balaban J connectivity index is 1.91. The van der Waals surface area contributed by atoms with Crippen molar-refractivity contribution in [2.75, 3.05) is 7.11 Å². The van der Waals surface area contributed by atoms with Crippen molar-refractivity contribution < 1.29 is 9.47 Å². The first-order chi connectivity index (χ1) is 12.7. The van der Waals surface area contributed by atoms with Gasteiger partial charge in [-0.05, 0) is 87.5 Å². The smallest absolute Gasteiger partial charge is 0.127 e. The summed E-state index contributed by atoms with van der Waals surface area (Å²) < 4.78 is 12.2. The third-order valence-corrected chi connectivity index (χ3v) is 6.30. The first-order valence-corrected chi connectivity index (χ1v) is 10.5. The minimum atomic E-state index is 0.184. The molecule has 3 aliphatic carbocycles. The van der Waals surface area contributed by atoms with E-state index in [0.717, 1.165) is 11.5 Å². The maximum atomic E-state index is 6.32. The number of aryl methyl sites for hydroxylation is 1. The Kier molecular flexibility index (Phi) is 5.11. The van der Waals surface area contributed by atoms with Crippen LogP contribution >= 0.6 is 0 Å². The lowest BCUT2D eigenvalue weighted by Gasteiger charge is -2.37. The lowest BCUT2D eigenvalue weighted by molar-refractivity contribution is 0.239. The lowest BCUT2D eigenvalue weighted by atomic mass is 9.69. The Morgan fingerprint density at radius 1 is 1.00 bits per heavy atom. The van der Waals surface area contributed by atoms with Crippen molar-refractivity contribution >= 4 is 5.57 Å². The van der Waals surface area contributed by atoms with Crippen LogP contribution in [0.15, 0.2) is 30.0 Å². The summed E-state index contributed by atoms with van der Waals surface area (Å²) in [6.45, 7) is 4.25. The number of allylic oxidation sites excluding steroid dienone is 3. The largest absolute Gasteiger partial charge is 0.496 e. The molecule has 0 amide bonds. The highest BCUT2D eigenvalue weighted by molar-refractivity contribution is 5.80. The minimum absolute atomic E-state index is 0.184. The van der Waals surface area contributed by atoms with E-state index in [1.165, 1.54) is 73.6 Å². The molecule has 0 N–H and O–H groups in total. The van der Waals surface area contributed by atoms with Crippen molar-refractivity contribution in [2.45, 2.75) is 71.3 Å². The predicted octanol–water partition coefficient (Wildman–Crippen LogP) is 6.09. The van der Waals surface area contributed by atoms with E-state index >= 15 is 0 Å². The van der Waals surface area contributed by atoms with Crippen LogP contribution in [-0.4, -0.2) is 13.2 Å². The molecular weight excluding hydrogens is 320 g/mol. The van der Waals surface area contributed by atoms with Crippen molar-refractivity contribution in [3.8, 4) is 5.75 Å². The molecule has 2 unspecified atom stereocenters. The van der Waals surface area contributed by atoms with Crippen LogP contribution in [-0.2, 0) is 17.6 Å². The van der Waals surface area contributed by atoms with E-state index in [1.807, 2.05) is 7.11 Å². The van der Waals surface area contributed by atoms with Crippen molar-refractivity contribution in [1.29, 1.82) is 0 Å². The Hall–Kier alpha value is -1.70. The normalized spacial score (nSPS) is 25.1. The molecule has 1 fully saturated rings. The van der Waals surface area contributed by atoms with Crippen molar-refractivity contribution in [3.63, 3.8) is 0 Å². The molecule has 3 aliphatic rings. The molecule has 4 rings (SSSR count). The van der Waals surface area contributed by atoms with Gasteiger partial charge < -0.3 is 9.47 Å². The van der Waals surface area contributed by atoms with Gasteiger partial charge in [0.15, 0.2) is 0 Å². The number of hydrogen-bond acceptors (Lipinski definition) is 2. The second kappa shape index (κ2) is 7.50. The van der Waals surface area contributed by atoms with Crippen LogP contribution in [0.1, 0.15) is 69.1 Å². The van der Waals surface area contributed by atoms with E-state index in [9.17, 15) is 0 Å². The first kappa shape index (κ1) is 17.7. The maximum Gasteiger partial charge on any atom is 0.127 e. The Morgan fingerprint density at radius 3 is 2.62 bits per heavy atom. The summed E-state index contributed by atoms with van der Waals surface area (Å²) in [6.07, 6.45) is 15.0. The molecule has 0 aromatic heterocycles. The van der Waals surface area contributed by atoms with Gasteiger partial charge in [0, 0.05) is 11.1 Å². The third kappa shape index (κ3) is 3.19. The number of rotatable bonds is 4. The highest BCUT2D eigenvalue weighted by atomic mass is 16.5. The maximum absolute atomic E-state index is 6.32. The molecule has 1 aromatic rings. The topological polar surface area (TPSA) is 18.5 Å². The summed E-state index contributed by atoms with van der Waals surface area (Å²) in [6, 6.07) is 4.52. The molecule has 2 nitrogen and oxygen atoms in total. The summed E-state index contributed by atoms with van der Waals surface area (Å²) in [4.78, 5) is 0. The third-order valence-electron chi connectivity index (χ3n) is 6.30.